The summed E-state index contributed by atoms with van der Waals surface area (Å²) in [5.74, 6) is 0.218. The van der Waals surface area contributed by atoms with Crippen molar-refractivity contribution in [3.63, 3.8) is 0 Å². The molecule has 1 N–H and O–H groups in total. The smallest absolute Gasteiger partial charge is 0.319 e. The Hall–Kier alpha value is -1.60. The lowest BCUT2D eigenvalue weighted by Crippen LogP contribution is -2.46. The minimum atomic E-state index is -3.03. The number of hydrogen-bond acceptors (Lipinski definition) is 4. The van der Waals surface area contributed by atoms with E-state index in [2.05, 4.69) is 5.32 Å². The molecule has 1 aliphatic rings. The Morgan fingerprint density at radius 2 is 2.04 bits per heavy atom. The predicted molar refractivity (Wildman–Crippen MR) is 92.5 cm³/mol. The van der Waals surface area contributed by atoms with Gasteiger partial charge in [0.25, 0.3) is 0 Å². The fourth-order valence-electron chi connectivity index (χ4n) is 2.70. The number of nitrogens with one attached hydrogen (secondary N) is 1. The summed E-state index contributed by atoms with van der Waals surface area (Å²) in [6.45, 7) is 3.16. The van der Waals surface area contributed by atoms with E-state index in [1.54, 1.807) is 4.90 Å². The van der Waals surface area contributed by atoms with Gasteiger partial charge in [-0.15, -0.1) is 0 Å². The van der Waals surface area contributed by atoms with Crippen molar-refractivity contribution in [2.24, 2.45) is 0 Å². The van der Waals surface area contributed by atoms with Gasteiger partial charge in [-0.05, 0) is 45.1 Å². The molecule has 1 atom stereocenters. The van der Waals surface area contributed by atoms with E-state index < -0.39 is 9.84 Å². The van der Waals surface area contributed by atoms with Crippen LogP contribution in [0.3, 0.4) is 0 Å². The zero-order valence-corrected chi connectivity index (χ0v) is 14.8. The molecule has 7 heteroatoms. The molecule has 1 aliphatic heterocycles. The van der Waals surface area contributed by atoms with Crippen LogP contribution < -0.4 is 5.32 Å². The highest BCUT2D eigenvalue weighted by molar-refractivity contribution is 7.91. The van der Waals surface area contributed by atoms with Gasteiger partial charge in [0.2, 0.25) is 0 Å². The van der Waals surface area contributed by atoms with Crippen molar-refractivity contribution in [3.8, 4) is 0 Å². The number of carbonyl (C=O) groups excluding carboxylic acids is 1. The molecule has 128 valence electrons. The summed E-state index contributed by atoms with van der Waals surface area (Å²) in [7, 11) is 0.838. The van der Waals surface area contributed by atoms with Gasteiger partial charge in [-0.1, -0.05) is 12.1 Å². The first-order valence-electron chi connectivity index (χ1n) is 7.76. The van der Waals surface area contributed by atoms with Gasteiger partial charge < -0.3 is 15.1 Å². The third-order valence-corrected chi connectivity index (χ3v) is 5.72. The molecule has 2 amide bonds. The number of benzene rings is 1. The predicted octanol–water partition coefficient (Wildman–Crippen LogP) is 1.58. The number of likely N-dealkylation sites (N-methyl/N-ethyl adjacent to an activating group) is 1. The molecule has 0 aromatic heterocycles. The molecule has 0 spiro atoms. The Kier molecular flexibility index (Phi) is 5.64. The number of nitrogens with zero attached hydrogens (tertiary/aromatic N) is 2. The molecule has 2 rings (SSSR count). The fourth-order valence-corrected chi connectivity index (χ4v) is 4.43. The normalized spacial score (nSPS) is 19.7. The van der Waals surface area contributed by atoms with Gasteiger partial charge in [0, 0.05) is 24.8 Å². The van der Waals surface area contributed by atoms with Crippen LogP contribution in [0.25, 0.3) is 0 Å². The van der Waals surface area contributed by atoms with Crippen LogP contribution in [0.1, 0.15) is 12.0 Å². The lowest BCUT2D eigenvalue weighted by molar-refractivity contribution is 0.186. The standard InChI is InChI=1S/C16H25N3O3S/c1-13-5-4-6-14(11-13)17-16(20)19(9-8-18(2)3)15-7-10-23(21,22)12-15/h4-6,11,15H,7-10,12H2,1-3H3,(H,17,20). The number of amides is 2. The van der Waals surface area contributed by atoms with Crippen molar-refractivity contribution in [3.05, 3.63) is 29.8 Å². The fraction of sp³-hybridized carbons (Fsp3) is 0.562. The second-order valence-corrected chi connectivity index (χ2v) is 8.58. The third kappa shape index (κ3) is 5.21. The van der Waals surface area contributed by atoms with Crippen LogP contribution in [-0.2, 0) is 9.84 Å². The van der Waals surface area contributed by atoms with E-state index in [0.717, 1.165) is 11.3 Å². The highest BCUT2D eigenvalue weighted by Crippen LogP contribution is 2.19. The van der Waals surface area contributed by atoms with Crippen LogP contribution >= 0.6 is 0 Å². The molecule has 1 fully saturated rings. The molecule has 1 heterocycles. The summed E-state index contributed by atoms with van der Waals surface area (Å²) in [6.07, 6.45) is 0.511. The Morgan fingerprint density at radius 3 is 2.61 bits per heavy atom. The Bertz CT molecular complexity index is 658. The molecule has 1 unspecified atom stereocenters. The second kappa shape index (κ2) is 7.31. The molecule has 0 saturated carbocycles. The summed E-state index contributed by atoms with van der Waals surface area (Å²) in [5, 5.41) is 2.88. The van der Waals surface area contributed by atoms with Crippen molar-refractivity contribution in [1.82, 2.24) is 9.80 Å². The molecular weight excluding hydrogens is 314 g/mol. The summed E-state index contributed by atoms with van der Waals surface area (Å²) in [4.78, 5) is 16.3. The van der Waals surface area contributed by atoms with Gasteiger partial charge in [0.15, 0.2) is 9.84 Å². The molecule has 23 heavy (non-hydrogen) atoms. The lowest BCUT2D eigenvalue weighted by atomic mass is 10.2. The van der Waals surface area contributed by atoms with E-state index in [9.17, 15) is 13.2 Å². The lowest BCUT2D eigenvalue weighted by Gasteiger charge is -2.29. The molecule has 0 aliphatic carbocycles. The van der Waals surface area contributed by atoms with Crippen LogP contribution in [0.2, 0.25) is 0 Å². The third-order valence-electron chi connectivity index (χ3n) is 3.97. The van der Waals surface area contributed by atoms with Gasteiger partial charge in [0.05, 0.1) is 11.5 Å². The van der Waals surface area contributed by atoms with Crippen LogP contribution in [0, 0.1) is 6.92 Å². The van der Waals surface area contributed by atoms with Gasteiger partial charge in [-0.2, -0.15) is 0 Å². The first kappa shape index (κ1) is 17.7. The van der Waals surface area contributed by atoms with Crippen molar-refractivity contribution in [1.29, 1.82) is 0 Å². The van der Waals surface area contributed by atoms with E-state index in [1.165, 1.54) is 0 Å². The summed E-state index contributed by atoms with van der Waals surface area (Å²) in [6, 6.07) is 7.09. The van der Waals surface area contributed by atoms with Crippen molar-refractivity contribution in [2.75, 3.05) is 44.0 Å². The van der Waals surface area contributed by atoms with E-state index in [-0.39, 0.29) is 23.6 Å². The first-order chi connectivity index (χ1) is 10.8. The molecule has 0 bridgehead atoms. The number of hydrogen-bond donors (Lipinski definition) is 1. The Balaban J connectivity index is 2.10. The minimum absolute atomic E-state index is 0.0572. The molecule has 1 saturated heterocycles. The molecule has 1 aromatic carbocycles. The zero-order chi connectivity index (χ0) is 17.0. The maximum Gasteiger partial charge on any atom is 0.322 e. The second-order valence-electron chi connectivity index (χ2n) is 6.35. The van der Waals surface area contributed by atoms with Gasteiger partial charge in [-0.25, -0.2) is 13.2 Å². The molecule has 0 radical (unpaired) electrons. The Labute approximate surface area is 138 Å². The quantitative estimate of drug-likeness (QED) is 0.884. The zero-order valence-electron chi connectivity index (χ0n) is 13.9. The maximum absolute atomic E-state index is 12.6. The van der Waals surface area contributed by atoms with E-state index in [1.807, 2.05) is 50.2 Å². The van der Waals surface area contributed by atoms with Crippen LogP contribution in [0.15, 0.2) is 24.3 Å². The number of aryl methyl sites for hydroxylation is 1. The summed E-state index contributed by atoms with van der Waals surface area (Å²) < 4.78 is 23.5. The number of rotatable bonds is 5. The van der Waals surface area contributed by atoms with Crippen LogP contribution in [0.4, 0.5) is 10.5 Å². The largest absolute Gasteiger partial charge is 0.322 e. The summed E-state index contributed by atoms with van der Waals surface area (Å²) >= 11 is 0. The average molecular weight is 339 g/mol. The maximum atomic E-state index is 12.6. The monoisotopic (exact) mass is 339 g/mol. The van der Waals surface area contributed by atoms with Crippen molar-refractivity contribution >= 4 is 21.6 Å². The Morgan fingerprint density at radius 1 is 1.30 bits per heavy atom. The highest BCUT2D eigenvalue weighted by Gasteiger charge is 2.34. The van der Waals surface area contributed by atoms with Crippen molar-refractivity contribution in [2.45, 2.75) is 19.4 Å². The van der Waals surface area contributed by atoms with Gasteiger partial charge in [0.1, 0.15) is 0 Å². The number of sulfone groups is 1. The van der Waals surface area contributed by atoms with E-state index in [0.29, 0.717) is 19.5 Å². The average Bonchev–Trinajstić information content (AvgIpc) is 2.78. The minimum Gasteiger partial charge on any atom is -0.319 e. The number of carbonyl (C=O) groups is 1. The van der Waals surface area contributed by atoms with Crippen molar-refractivity contribution < 1.29 is 13.2 Å². The van der Waals surface area contributed by atoms with Crippen LogP contribution in [-0.4, -0.2) is 69.0 Å². The first-order valence-corrected chi connectivity index (χ1v) is 9.58. The van der Waals surface area contributed by atoms with E-state index >= 15 is 0 Å². The molecule has 6 nitrogen and oxygen atoms in total. The van der Waals surface area contributed by atoms with Crippen LogP contribution in [0.5, 0.6) is 0 Å². The SMILES string of the molecule is Cc1cccc(NC(=O)N(CCN(C)C)C2CCS(=O)(=O)C2)c1. The van der Waals surface area contributed by atoms with E-state index in [4.69, 9.17) is 0 Å². The van der Waals surface area contributed by atoms with Gasteiger partial charge in [-0.3, -0.25) is 0 Å². The topological polar surface area (TPSA) is 69.7 Å². The number of anilines is 1. The molecule has 1 aromatic rings. The highest BCUT2D eigenvalue weighted by atomic mass is 32.2. The number of urea groups is 1. The molecular formula is C16H25N3O3S. The summed E-state index contributed by atoms with van der Waals surface area (Å²) in [5.41, 5.74) is 1.79. The van der Waals surface area contributed by atoms with Gasteiger partial charge >= 0.3 is 6.03 Å².